The second kappa shape index (κ2) is 10.3. The molecule has 6 heteroatoms. The predicted octanol–water partition coefficient (Wildman–Crippen LogP) is 0.433. The molecule has 110 valence electrons. The molecular weight excluding hydrogens is 240 g/mol. The Morgan fingerprint density at radius 2 is 1.83 bits per heavy atom. The minimum atomic E-state index is -1.50. The molecule has 1 aliphatic rings. The Bertz CT molecular complexity index is 205. The molecule has 0 spiro atoms. The van der Waals surface area contributed by atoms with Gasteiger partial charge in [-0.1, -0.05) is 13.8 Å². The van der Waals surface area contributed by atoms with Gasteiger partial charge in [-0.3, -0.25) is 4.79 Å². The van der Waals surface area contributed by atoms with E-state index in [0.29, 0.717) is 13.0 Å². The van der Waals surface area contributed by atoms with Crippen LogP contribution < -0.4 is 0 Å². The van der Waals surface area contributed by atoms with E-state index in [2.05, 4.69) is 4.74 Å². The summed E-state index contributed by atoms with van der Waals surface area (Å²) in [6.07, 6.45) is -0.167. The molecular formula is C12H26O6. The van der Waals surface area contributed by atoms with Crippen molar-refractivity contribution in [2.24, 2.45) is 0 Å². The SMILES string of the molecule is CC.CC(=O)OC[C@H]1OCC[C@H]1O.CC(C)(O)O. The van der Waals surface area contributed by atoms with Gasteiger partial charge in [-0.05, 0) is 20.3 Å². The number of rotatable bonds is 2. The molecule has 1 saturated heterocycles. The van der Waals surface area contributed by atoms with Gasteiger partial charge in [0.2, 0.25) is 0 Å². The van der Waals surface area contributed by atoms with Crippen LogP contribution in [0.3, 0.4) is 0 Å². The highest BCUT2D eigenvalue weighted by molar-refractivity contribution is 5.65. The van der Waals surface area contributed by atoms with E-state index in [1.165, 1.54) is 20.8 Å². The van der Waals surface area contributed by atoms with Gasteiger partial charge in [0.05, 0.1) is 6.10 Å². The predicted molar refractivity (Wildman–Crippen MR) is 66.9 cm³/mol. The summed E-state index contributed by atoms with van der Waals surface area (Å²) in [4.78, 5) is 10.3. The zero-order valence-electron chi connectivity index (χ0n) is 11.8. The number of carbonyl (C=O) groups is 1. The Kier molecular flexibility index (Phi) is 11.2. The highest BCUT2D eigenvalue weighted by atomic mass is 16.6. The molecule has 0 aromatic rings. The summed E-state index contributed by atoms with van der Waals surface area (Å²) in [7, 11) is 0. The van der Waals surface area contributed by atoms with Gasteiger partial charge in [0.15, 0.2) is 5.79 Å². The summed E-state index contributed by atoms with van der Waals surface area (Å²) in [6.45, 7) is 8.64. The Morgan fingerprint density at radius 1 is 1.39 bits per heavy atom. The molecule has 0 amide bonds. The van der Waals surface area contributed by atoms with Crippen molar-refractivity contribution in [1.29, 1.82) is 0 Å². The molecule has 0 aromatic heterocycles. The summed E-state index contributed by atoms with van der Waals surface area (Å²) in [5.74, 6) is -1.84. The second-order valence-corrected chi connectivity index (χ2v) is 4.06. The van der Waals surface area contributed by atoms with Crippen LogP contribution in [0.2, 0.25) is 0 Å². The standard InChI is InChI=1S/C7H12O4.C3H8O2.C2H6/c1-5(8)11-4-7-6(9)2-3-10-7;1-3(2,4)5;1-2/h6-7,9H,2-4H2,1H3;4-5H,1-2H3;1-2H3/t6-,7-;;/m1../s1. The van der Waals surface area contributed by atoms with Crippen molar-refractivity contribution >= 4 is 5.97 Å². The molecule has 1 aliphatic heterocycles. The molecule has 1 heterocycles. The quantitative estimate of drug-likeness (QED) is 0.495. The maximum atomic E-state index is 10.3. The van der Waals surface area contributed by atoms with Crippen LogP contribution in [0.4, 0.5) is 0 Å². The van der Waals surface area contributed by atoms with Crippen molar-refractivity contribution in [1.82, 2.24) is 0 Å². The van der Waals surface area contributed by atoms with Crippen LogP contribution in [0, 0.1) is 0 Å². The smallest absolute Gasteiger partial charge is 0.302 e. The lowest BCUT2D eigenvalue weighted by molar-refractivity contribution is -0.145. The molecule has 0 bridgehead atoms. The van der Waals surface area contributed by atoms with Crippen LogP contribution in [0.5, 0.6) is 0 Å². The molecule has 0 aromatic carbocycles. The van der Waals surface area contributed by atoms with Crippen molar-refractivity contribution in [2.75, 3.05) is 13.2 Å². The molecule has 2 atom stereocenters. The van der Waals surface area contributed by atoms with Crippen LogP contribution in [-0.4, -0.2) is 52.5 Å². The van der Waals surface area contributed by atoms with E-state index in [4.69, 9.17) is 14.9 Å². The minimum Gasteiger partial charge on any atom is -0.463 e. The first-order chi connectivity index (χ1) is 8.20. The van der Waals surface area contributed by atoms with Crippen LogP contribution in [-0.2, 0) is 14.3 Å². The fourth-order valence-corrected chi connectivity index (χ4v) is 0.996. The highest BCUT2D eigenvalue weighted by Gasteiger charge is 2.26. The van der Waals surface area contributed by atoms with E-state index in [1.807, 2.05) is 13.8 Å². The fraction of sp³-hybridized carbons (Fsp3) is 0.917. The third kappa shape index (κ3) is 15.3. The summed E-state index contributed by atoms with van der Waals surface area (Å²) in [5, 5.41) is 25.3. The van der Waals surface area contributed by atoms with Gasteiger partial charge in [-0.15, -0.1) is 0 Å². The number of carbonyl (C=O) groups excluding carboxylic acids is 1. The first-order valence-electron chi connectivity index (χ1n) is 6.08. The van der Waals surface area contributed by atoms with Crippen molar-refractivity contribution in [3.05, 3.63) is 0 Å². The van der Waals surface area contributed by atoms with Gasteiger partial charge in [0.25, 0.3) is 0 Å². The van der Waals surface area contributed by atoms with Gasteiger partial charge < -0.3 is 24.8 Å². The molecule has 0 unspecified atom stereocenters. The van der Waals surface area contributed by atoms with Gasteiger partial charge in [-0.2, -0.15) is 0 Å². The Hall–Kier alpha value is -0.690. The van der Waals surface area contributed by atoms with Crippen molar-refractivity contribution in [3.8, 4) is 0 Å². The van der Waals surface area contributed by atoms with E-state index in [0.717, 1.165) is 0 Å². The Balaban J connectivity index is 0. The van der Waals surface area contributed by atoms with E-state index >= 15 is 0 Å². The summed E-state index contributed by atoms with van der Waals surface area (Å²) >= 11 is 0. The number of hydrogen-bond acceptors (Lipinski definition) is 6. The van der Waals surface area contributed by atoms with Gasteiger partial charge in [-0.25, -0.2) is 0 Å². The van der Waals surface area contributed by atoms with Gasteiger partial charge in [0, 0.05) is 13.5 Å². The van der Waals surface area contributed by atoms with Crippen LogP contribution >= 0.6 is 0 Å². The molecule has 1 rings (SSSR count). The average Bonchev–Trinajstić information content (AvgIpc) is 2.61. The lowest BCUT2D eigenvalue weighted by atomic mass is 10.2. The van der Waals surface area contributed by atoms with Crippen molar-refractivity contribution < 1.29 is 29.6 Å². The molecule has 0 radical (unpaired) electrons. The molecule has 6 nitrogen and oxygen atoms in total. The normalized spacial score (nSPS) is 22.2. The molecule has 3 N–H and O–H groups in total. The maximum absolute atomic E-state index is 10.3. The van der Waals surface area contributed by atoms with Crippen LogP contribution in [0.15, 0.2) is 0 Å². The zero-order valence-corrected chi connectivity index (χ0v) is 11.8. The number of esters is 1. The van der Waals surface area contributed by atoms with Crippen LogP contribution in [0.1, 0.15) is 41.0 Å². The maximum Gasteiger partial charge on any atom is 0.302 e. The lowest BCUT2D eigenvalue weighted by Crippen LogP contribution is -2.27. The van der Waals surface area contributed by atoms with Crippen molar-refractivity contribution in [3.63, 3.8) is 0 Å². The number of aliphatic hydroxyl groups is 3. The summed E-state index contributed by atoms with van der Waals surface area (Å²) in [6, 6.07) is 0. The second-order valence-electron chi connectivity index (χ2n) is 4.06. The fourth-order valence-electron chi connectivity index (χ4n) is 0.996. The van der Waals surface area contributed by atoms with E-state index in [-0.39, 0.29) is 18.7 Å². The third-order valence-electron chi connectivity index (χ3n) is 1.63. The summed E-state index contributed by atoms with van der Waals surface area (Å²) in [5.41, 5.74) is 0. The average molecular weight is 266 g/mol. The van der Waals surface area contributed by atoms with Crippen LogP contribution in [0.25, 0.3) is 0 Å². The van der Waals surface area contributed by atoms with Crippen molar-refractivity contribution in [2.45, 2.75) is 59.0 Å². The molecule has 0 saturated carbocycles. The number of aliphatic hydroxyl groups excluding tert-OH is 1. The monoisotopic (exact) mass is 266 g/mol. The first kappa shape index (κ1) is 19.6. The van der Waals surface area contributed by atoms with E-state index in [1.54, 1.807) is 0 Å². The van der Waals surface area contributed by atoms with E-state index in [9.17, 15) is 9.90 Å². The topological polar surface area (TPSA) is 96.2 Å². The van der Waals surface area contributed by atoms with Gasteiger partial charge >= 0.3 is 5.97 Å². The lowest BCUT2D eigenvalue weighted by Gasteiger charge is -2.12. The third-order valence-corrected chi connectivity index (χ3v) is 1.63. The van der Waals surface area contributed by atoms with E-state index < -0.39 is 11.9 Å². The summed E-state index contributed by atoms with van der Waals surface area (Å²) < 4.78 is 9.76. The largest absolute Gasteiger partial charge is 0.463 e. The Morgan fingerprint density at radius 3 is 2.11 bits per heavy atom. The molecule has 0 aliphatic carbocycles. The molecule has 18 heavy (non-hydrogen) atoms. The highest BCUT2D eigenvalue weighted by Crippen LogP contribution is 2.13. The number of hydrogen-bond donors (Lipinski definition) is 3. The van der Waals surface area contributed by atoms with Gasteiger partial charge in [0.1, 0.15) is 12.7 Å². The zero-order chi connectivity index (χ0) is 14.8. The number of ether oxygens (including phenoxy) is 2. The molecule has 1 fully saturated rings. The Labute approximate surface area is 109 Å². The minimum absolute atomic E-state index is 0.163. The first-order valence-corrected chi connectivity index (χ1v) is 6.08.